The molecule has 0 unspecified atom stereocenters. The minimum Gasteiger partial charge on any atom is -0.337 e. The topological polar surface area (TPSA) is 52.5 Å². The molecule has 0 amide bonds. The number of hydrogen-bond donors (Lipinski definition) is 1. The van der Waals surface area contributed by atoms with Gasteiger partial charge in [-0.25, -0.2) is 4.98 Å². The second-order valence-corrected chi connectivity index (χ2v) is 5.24. The number of nitrogens with one attached hydrogen (secondary N) is 1. The number of aromatic amines is 1. The highest BCUT2D eigenvalue weighted by molar-refractivity contribution is 9.10. The molecular weight excluding hydrogens is 314 g/mol. The molecule has 3 rings (SSSR count). The second kappa shape index (κ2) is 5.32. The van der Waals surface area contributed by atoms with E-state index < -0.39 is 0 Å². The normalized spacial score (nSPS) is 11.5. The molecule has 0 atom stereocenters. The molecule has 1 heterocycles. The Labute approximate surface area is 124 Å². The second-order valence-electron chi connectivity index (χ2n) is 4.32. The van der Waals surface area contributed by atoms with Crippen molar-refractivity contribution in [2.24, 2.45) is 0 Å². The molecule has 0 radical (unpaired) electrons. The van der Waals surface area contributed by atoms with Crippen LogP contribution in [-0.2, 0) is 0 Å². The Morgan fingerprint density at radius 2 is 1.90 bits per heavy atom. The molecule has 20 heavy (non-hydrogen) atoms. The lowest BCUT2D eigenvalue weighted by molar-refractivity contribution is 1.27. The maximum Gasteiger partial charge on any atom is 0.149 e. The monoisotopic (exact) mass is 323 g/mol. The van der Waals surface area contributed by atoms with Crippen LogP contribution in [0.2, 0.25) is 0 Å². The minimum absolute atomic E-state index is 0.517. The van der Waals surface area contributed by atoms with Crippen LogP contribution in [0.1, 0.15) is 11.4 Å². The summed E-state index contributed by atoms with van der Waals surface area (Å²) >= 11 is 3.39. The van der Waals surface area contributed by atoms with Gasteiger partial charge in [0.2, 0.25) is 0 Å². The van der Waals surface area contributed by atoms with E-state index in [1.54, 1.807) is 0 Å². The molecular formula is C16H10BrN3. The average Bonchev–Trinajstić information content (AvgIpc) is 2.90. The van der Waals surface area contributed by atoms with E-state index in [4.69, 9.17) is 0 Å². The van der Waals surface area contributed by atoms with Crippen molar-refractivity contribution in [3.63, 3.8) is 0 Å². The van der Waals surface area contributed by atoms with Crippen molar-refractivity contribution in [3.8, 4) is 6.07 Å². The van der Waals surface area contributed by atoms with Crippen LogP contribution < -0.4 is 0 Å². The first-order valence-corrected chi connectivity index (χ1v) is 6.88. The van der Waals surface area contributed by atoms with E-state index in [-0.39, 0.29) is 0 Å². The fraction of sp³-hybridized carbons (Fsp3) is 0. The molecule has 0 bridgehead atoms. The Balaban J connectivity index is 2.05. The summed E-state index contributed by atoms with van der Waals surface area (Å²) in [5, 5.41) is 9.33. The molecule has 0 spiro atoms. The van der Waals surface area contributed by atoms with Crippen molar-refractivity contribution in [1.82, 2.24) is 9.97 Å². The number of rotatable bonds is 2. The van der Waals surface area contributed by atoms with Crippen LogP contribution in [0.25, 0.3) is 22.7 Å². The van der Waals surface area contributed by atoms with E-state index in [2.05, 4.69) is 32.0 Å². The average molecular weight is 324 g/mol. The Kier molecular flexibility index (Phi) is 3.36. The van der Waals surface area contributed by atoms with E-state index in [1.807, 2.05) is 54.6 Å². The van der Waals surface area contributed by atoms with E-state index in [0.717, 1.165) is 21.1 Å². The van der Waals surface area contributed by atoms with Gasteiger partial charge in [-0.3, -0.25) is 0 Å². The number of H-pyrrole nitrogens is 1. The third-order valence-corrected chi connectivity index (χ3v) is 3.47. The highest BCUT2D eigenvalue weighted by Gasteiger charge is 2.07. The van der Waals surface area contributed by atoms with Gasteiger partial charge in [0, 0.05) is 4.47 Å². The zero-order valence-corrected chi connectivity index (χ0v) is 12.1. The molecule has 1 N–H and O–H groups in total. The predicted octanol–water partition coefficient (Wildman–Crippen LogP) is 4.39. The van der Waals surface area contributed by atoms with Crippen molar-refractivity contribution in [2.45, 2.75) is 0 Å². The van der Waals surface area contributed by atoms with Crippen molar-refractivity contribution in [1.29, 1.82) is 5.26 Å². The molecule has 0 saturated carbocycles. The lowest BCUT2D eigenvalue weighted by Gasteiger charge is -1.96. The summed E-state index contributed by atoms with van der Waals surface area (Å²) < 4.78 is 1.01. The molecule has 0 fully saturated rings. The number of allylic oxidation sites excluding steroid dienone is 1. The molecule has 3 nitrogen and oxygen atoms in total. The zero-order valence-electron chi connectivity index (χ0n) is 10.5. The number of nitrogens with zero attached hydrogens (tertiary/aromatic N) is 2. The fourth-order valence-electron chi connectivity index (χ4n) is 1.96. The number of aromatic nitrogens is 2. The van der Waals surface area contributed by atoms with Gasteiger partial charge in [-0.15, -0.1) is 0 Å². The van der Waals surface area contributed by atoms with E-state index in [9.17, 15) is 5.26 Å². The van der Waals surface area contributed by atoms with Crippen molar-refractivity contribution in [3.05, 3.63) is 64.4 Å². The van der Waals surface area contributed by atoms with Crippen LogP contribution in [0, 0.1) is 11.3 Å². The number of nitriles is 1. The zero-order chi connectivity index (χ0) is 13.9. The van der Waals surface area contributed by atoms with E-state index in [1.165, 1.54) is 0 Å². The van der Waals surface area contributed by atoms with E-state index >= 15 is 0 Å². The van der Waals surface area contributed by atoms with Crippen LogP contribution in [0.15, 0.2) is 53.0 Å². The number of benzene rings is 2. The largest absolute Gasteiger partial charge is 0.337 e. The maximum atomic E-state index is 9.33. The molecule has 0 aliphatic rings. The molecule has 1 aromatic heterocycles. The van der Waals surface area contributed by atoms with Crippen molar-refractivity contribution in [2.75, 3.05) is 0 Å². The van der Waals surface area contributed by atoms with Crippen LogP contribution in [-0.4, -0.2) is 9.97 Å². The van der Waals surface area contributed by atoms with Crippen molar-refractivity contribution < 1.29 is 0 Å². The summed E-state index contributed by atoms with van der Waals surface area (Å²) in [4.78, 5) is 7.61. The lowest BCUT2D eigenvalue weighted by Crippen LogP contribution is -1.84. The molecule has 0 aliphatic heterocycles. The fourth-order valence-corrected chi connectivity index (χ4v) is 2.22. The van der Waals surface area contributed by atoms with Gasteiger partial charge in [0.25, 0.3) is 0 Å². The van der Waals surface area contributed by atoms with Gasteiger partial charge in [0.15, 0.2) is 0 Å². The number of para-hydroxylation sites is 2. The Bertz CT molecular complexity index is 790. The Morgan fingerprint density at radius 1 is 1.15 bits per heavy atom. The quantitative estimate of drug-likeness (QED) is 0.711. The molecule has 96 valence electrons. The van der Waals surface area contributed by atoms with Crippen LogP contribution in [0.4, 0.5) is 0 Å². The molecule has 0 aliphatic carbocycles. The number of hydrogen-bond acceptors (Lipinski definition) is 2. The molecule has 2 aromatic carbocycles. The summed E-state index contributed by atoms with van der Waals surface area (Å²) in [7, 11) is 0. The van der Waals surface area contributed by atoms with Gasteiger partial charge >= 0.3 is 0 Å². The SMILES string of the molecule is N#C/C(=C/c1ccc(Br)cc1)c1nc2ccccc2[nH]1. The number of imidazole rings is 1. The van der Waals surface area contributed by atoms with Crippen LogP contribution in [0.3, 0.4) is 0 Å². The summed E-state index contributed by atoms with van der Waals surface area (Å²) in [6.45, 7) is 0. The molecule has 4 heteroatoms. The molecule has 3 aromatic rings. The standard InChI is InChI=1S/C16H10BrN3/c17-13-7-5-11(6-8-13)9-12(10-18)16-19-14-3-1-2-4-15(14)20-16/h1-9H,(H,19,20)/b12-9-. The summed E-state index contributed by atoms with van der Waals surface area (Å²) in [5.41, 5.74) is 3.27. The van der Waals surface area contributed by atoms with Gasteiger partial charge in [-0.2, -0.15) is 5.26 Å². The van der Waals surface area contributed by atoms with Gasteiger partial charge in [0.05, 0.1) is 16.6 Å². The predicted molar refractivity (Wildman–Crippen MR) is 83.7 cm³/mol. The number of fused-ring (bicyclic) bond motifs is 1. The van der Waals surface area contributed by atoms with Crippen LogP contribution >= 0.6 is 15.9 Å². The Hall–Kier alpha value is -2.38. The molecule has 0 saturated heterocycles. The van der Waals surface area contributed by atoms with Crippen molar-refractivity contribution >= 4 is 38.6 Å². The minimum atomic E-state index is 0.517. The first kappa shape index (κ1) is 12.6. The first-order chi connectivity index (χ1) is 9.76. The summed E-state index contributed by atoms with van der Waals surface area (Å²) in [6.07, 6.45) is 1.82. The number of halogens is 1. The maximum absolute atomic E-state index is 9.33. The highest BCUT2D eigenvalue weighted by atomic mass is 79.9. The first-order valence-electron chi connectivity index (χ1n) is 6.09. The summed E-state index contributed by atoms with van der Waals surface area (Å²) in [5.74, 6) is 0.594. The van der Waals surface area contributed by atoms with Gasteiger partial charge in [-0.1, -0.05) is 40.2 Å². The Morgan fingerprint density at radius 3 is 2.60 bits per heavy atom. The smallest absolute Gasteiger partial charge is 0.149 e. The van der Waals surface area contributed by atoms with Crippen LogP contribution in [0.5, 0.6) is 0 Å². The highest BCUT2D eigenvalue weighted by Crippen LogP contribution is 2.20. The third-order valence-electron chi connectivity index (χ3n) is 2.95. The van der Waals surface area contributed by atoms with Gasteiger partial charge in [-0.05, 0) is 35.9 Å². The van der Waals surface area contributed by atoms with Gasteiger partial charge < -0.3 is 4.98 Å². The van der Waals surface area contributed by atoms with E-state index in [0.29, 0.717) is 11.4 Å². The third kappa shape index (κ3) is 2.49. The lowest BCUT2D eigenvalue weighted by atomic mass is 10.1. The van der Waals surface area contributed by atoms with Gasteiger partial charge in [0.1, 0.15) is 11.9 Å². The summed E-state index contributed by atoms with van der Waals surface area (Å²) in [6, 6.07) is 17.7.